The van der Waals surface area contributed by atoms with Crippen molar-refractivity contribution in [2.75, 3.05) is 0 Å². The largest absolute Gasteiger partial charge is 0.294 e. The van der Waals surface area contributed by atoms with E-state index in [-0.39, 0.29) is 0 Å². The average Bonchev–Trinajstić information content (AvgIpc) is 2.01. The van der Waals surface area contributed by atoms with Crippen molar-refractivity contribution < 1.29 is 14.1 Å². The summed E-state index contributed by atoms with van der Waals surface area (Å²) in [7, 11) is 0. The van der Waals surface area contributed by atoms with Crippen LogP contribution in [0.4, 0.5) is 10.1 Å². The Morgan fingerprint density at radius 1 is 1.50 bits per heavy atom. The minimum atomic E-state index is -0.843. The first kappa shape index (κ1) is 10.3. The first-order valence-corrected chi connectivity index (χ1v) is 3.89. The molecule has 0 aliphatic carbocycles. The third-order valence-electron chi connectivity index (χ3n) is 1.76. The second-order valence-electron chi connectivity index (χ2n) is 2.95. The van der Waals surface area contributed by atoms with E-state index in [0.717, 1.165) is 13.0 Å². The highest BCUT2D eigenvalue weighted by Gasteiger charge is 2.22. The van der Waals surface area contributed by atoms with Crippen LogP contribution in [0, 0.1) is 22.9 Å². The van der Waals surface area contributed by atoms with Gasteiger partial charge in [0.05, 0.1) is 4.92 Å². The van der Waals surface area contributed by atoms with Crippen LogP contribution < -0.4 is 0 Å². The zero-order chi connectivity index (χ0) is 10.9. The third-order valence-corrected chi connectivity index (χ3v) is 1.76. The number of ketones is 1. The van der Waals surface area contributed by atoms with Crippen LogP contribution in [0.1, 0.15) is 22.8 Å². The zero-order valence-corrected chi connectivity index (χ0v) is 7.70. The Balaban J connectivity index is 3.52. The molecule has 0 saturated carbocycles. The van der Waals surface area contributed by atoms with E-state index in [1.807, 2.05) is 0 Å². The fraction of sp³-hybridized carbons (Fsp3) is 0.222. The number of halogens is 1. The predicted octanol–water partition coefficient (Wildman–Crippen LogP) is 2.24. The molecule has 0 saturated heterocycles. The van der Waals surface area contributed by atoms with Gasteiger partial charge >= 0.3 is 0 Å². The van der Waals surface area contributed by atoms with Gasteiger partial charge in [-0.1, -0.05) is 0 Å². The Labute approximate surface area is 79.5 Å². The van der Waals surface area contributed by atoms with Gasteiger partial charge in [-0.2, -0.15) is 0 Å². The minimum absolute atomic E-state index is 0.416. The van der Waals surface area contributed by atoms with Crippen molar-refractivity contribution in [3.63, 3.8) is 0 Å². The lowest BCUT2D eigenvalue weighted by molar-refractivity contribution is -0.385. The summed E-state index contributed by atoms with van der Waals surface area (Å²) in [4.78, 5) is 20.7. The van der Waals surface area contributed by atoms with Crippen molar-refractivity contribution in [2.45, 2.75) is 13.8 Å². The van der Waals surface area contributed by atoms with Crippen LogP contribution in [0.3, 0.4) is 0 Å². The number of rotatable bonds is 2. The average molecular weight is 197 g/mol. The first-order chi connectivity index (χ1) is 6.43. The second-order valence-corrected chi connectivity index (χ2v) is 2.95. The van der Waals surface area contributed by atoms with Crippen molar-refractivity contribution in [1.82, 2.24) is 0 Å². The van der Waals surface area contributed by atoms with Crippen LogP contribution in [0.2, 0.25) is 0 Å². The molecule has 0 bridgehead atoms. The Bertz CT molecular complexity index is 415. The topological polar surface area (TPSA) is 60.2 Å². The predicted molar refractivity (Wildman–Crippen MR) is 47.8 cm³/mol. The van der Waals surface area contributed by atoms with Gasteiger partial charge < -0.3 is 0 Å². The van der Waals surface area contributed by atoms with Crippen LogP contribution in [-0.4, -0.2) is 10.7 Å². The van der Waals surface area contributed by atoms with Crippen molar-refractivity contribution >= 4 is 11.5 Å². The number of nitrogens with zero attached hydrogens (tertiary/aromatic N) is 1. The molecular weight excluding hydrogens is 189 g/mol. The highest BCUT2D eigenvalue weighted by atomic mass is 19.1. The molecule has 5 heteroatoms. The van der Waals surface area contributed by atoms with E-state index >= 15 is 0 Å². The van der Waals surface area contributed by atoms with Gasteiger partial charge in [-0.15, -0.1) is 0 Å². The summed E-state index contributed by atoms with van der Waals surface area (Å²) < 4.78 is 13.2. The molecule has 0 aromatic heterocycles. The SMILES string of the molecule is CC(=O)c1c(F)cc(C)cc1[N+](=O)[O-]. The summed E-state index contributed by atoms with van der Waals surface area (Å²) in [5.74, 6) is -1.49. The van der Waals surface area contributed by atoms with Crippen LogP contribution in [0.25, 0.3) is 0 Å². The fourth-order valence-electron chi connectivity index (χ4n) is 1.22. The molecule has 0 N–H and O–H groups in total. The number of nitro benzene ring substituents is 1. The summed E-state index contributed by atoms with van der Waals surface area (Å²) in [5, 5.41) is 10.5. The molecule has 0 atom stereocenters. The minimum Gasteiger partial charge on any atom is -0.294 e. The fourth-order valence-corrected chi connectivity index (χ4v) is 1.22. The number of Topliss-reactive ketones (excluding diaryl/α,β-unsaturated/α-hetero) is 1. The summed E-state index contributed by atoms with van der Waals surface area (Å²) in [6.45, 7) is 2.63. The van der Waals surface area contributed by atoms with Crippen molar-refractivity contribution in [2.24, 2.45) is 0 Å². The third kappa shape index (κ3) is 1.76. The van der Waals surface area contributed by atoms with Gasteiger partial charge in [0.25, 0.3) is 5.69 Å². The Kier molecular flexibility index (Phi) is 2.60. The van der Waals surface area contributed by atoms with E-state index in [2.05, 4.69) is 0 Å². The first-order valence-electron chi connectivity index (χ1n) is 3.89. The van der Waals surface area contributed by atoms with E-state index in [0.29, 0.717) is 5.56 Å². The molecule has 14 heavy (non-hydrogen) atoms. The molecule has 0 fully saturated rings. The van der Waals surface area contributed by atoms with E-state index in [1.165, 1.54) is 13.0 Å². The lowest BCUT2D eigenvalue weighted by Gasteiger charge is -2.01. The van der Waals surface area contributed by atoms with Gasteiger partial charge in [0.15, 0.2) is 5.78 Å². The molecule has 1 rings (SSSR count). The maximum atomic E-state index is 13.2. The van der Waals surface area contributed by atoms with E-state index in [9.17, 15) is 19.3 Å². The molecular formula is C9H8FNO3. The lowest BCUT2D eigenvalue weighted by Crippen LogP contribution is -2.04. The molecule has 1 aromatic carbocycles. The van der Waals surface area contributed by atoms with Gasteiger partial charge in [-0.3, -0.25) is 14.9 Å². The Morgan fingerprint density at radius 2 is 2.07 bits per heavy atom. The molecule has 0 unspecified atom stereocenters. The number of hydrogen-bond donors (Lipinski definition) is 0. The highest BCUT2D eigenvalue weighted by molar-refractivity contribution is 5.98. The maximum absolute atomic E-state index is 13.2. The number of nitro groups is 1. The van der Waals surface area contributed by atoms with Crippen molar-refractivity contribution in [3.8, 4) is 0 Å². The number of carbonyl (C=O) groups is 1. The van der Waals surface area contributed by atoms with Gasteiger partial charge in [0.1, 0.15) is 11.4 Å². The molecule has 4 nitrogen and oxygen atoms in total. The smallest absolute Gasteiger partial charge is 0.283 e. The number of carbonyl (C=O) groups excluding carboxylic acids is 1. The number of benzene rings is 1. The summed E-state index contributed by atoms with van der Waals surface area (Å²) in [5.41, 5.74) is -0.519. The van der Waals surface area contributed by atoms with Crippen LogP contribution >= 0.6 is 0 Å². The van der Waals surface area contributed by atoms with Crippen LogP contribution in [0.15, 0.2) is 12.1 Å². The normalized spacial score (nSPS) is 9.93. The van der Waals surface area contributed by atoms with E-state index < -0.39 is 27.8 Å². The van der Waals surface area contributed by atoms with E-state index in [1.54, 1.807) is 0 Å². The summed E-state index contributed by atoms with van der Waals surface area (Å²) in [6.07, 6.45) is 0. The van der Waals surface area contributed by atoms with E-state index in [4.69, 9.17) is 0 Å². The molecule has 0 aliphatic rings. The summed E-state index contributed by atoms with van der Waals surface area (Å²) in [6, 6.07) is 2.28. The number of aryl methyl sites for hydroxylation is 1. The van der Waals surface area contributed by atoms with Gasteiger partial charge in [0, 0.05) is 6.07 Å². The molecule has 0 aliphatic heterocycles. The second kappa shape index (κ2) is 3.53. The number of hydrogen-bond acceptors (Lipinski definition) is 3. The molecule has 0 amide bonds. The van der Waals surface area contributed by atoms with Crippen molar-refractivity contribution in [3.05, 3.63) is 39.2 Å². The van der Waals surface area contributed by atoms with Gasteiger partial charge in [-0.25, -0.2) is 4.39 Å². The molecule has 0 spiro atoms. The Hall–Kier alpha value is -1.78. The molecule has 74 valence electrons. The van der Waals surface area contributed by atoms with Crippen LogP contribution in [0.5, 0.6) is 0 Å². The zero-order valence-electron chi connectivity index (χ0n) is 7.70. The molecule has 1 aromatic rings. The van der Waals surface area contributed by atoms with Crippen LogP contribution in [-0.2, 0) is 0 Å². The standard InChI is InChI=1S/C9H8FNO3/c1-5-3-7(10)9(6(2)12)8(4-5)11(13)14/h3-4H,1-2H3. The van der Waals surface area contributed by atoms with Crippen molar-refractivity contribution in [1.29, 1.82) is 0 Å². The molecule has 0 radical (unpaired) electrons. The quantitative estimate of drug-likeness (QED) is 0.415. The monoisotopic (exact) mass is 197 g/mol. The van der Waals surface area contributed by atoms with Gasteiger partial charge in [-0.05, 0) is 25.5 Å². The maximum Gasteiger partial charge on any atom is 0.283 e. The summed E-state index contributed by atoms with van der Waals surface area (Å²) >= 11 is 0. The lowest BCUT2D eigenvalue weighted by atomic mass is 10.1. The molecule has 0 heterocycles. The Morgan fingerprint density at radius 3 is 2.50 bits per heavy atom. The highest BCUT2D eigenvalue weighted by Crippen LogP contribution is 2.23. The van der Waals surface area contributed by atoms with Gasteiger partial charge in [0.2, 0.25) is 0 Å².